The van der Waals surface area contributed by atoms with Crippen molar-refractivity contribution in [1.82, 2.24) is 30.4 Å². The molecule has 2 N–H and O–H groups in total. The lowest BCUT2D eigenvalue weighted by atomic mass is 10.3. The molecular formula is C20H27N7S. The van der Waals surface area contributed by atoms with Crippen molar-refractivity contribution in [1.29, 1.82) is 0 Å². The van der Waals surface area contributed by atoms with Gasteiger partial charge in [-0.25, -0.2) is 14.6 Å². The topological polar surface area (TPSA) is 80.0 Å². The van der Waals surface area contributed by atoms with Crippen molar-refractivity contribution in [2.24, 2.45) is 4.99 Å². The van der Waals surface area contributed by atoms with E-state index in [0.717, 1.165) is 53.1 Å². The van der Waals surface area contributed by atoms with E-state index >= 15 is 0 Å². The fourth-order valence-electron chi connectivity index (χ4n) is 2.83. The van der Waals surface area contributed by atoms with Gasteiger partial charge in [0.15, 0.2) is 11.8 Å². The van der Waals surface area contributed by atoms with Crippen molar-refractivity contribution in [3.8, 4) is 5.82 Å². The first-order valence-electron chi connectivity index (χ1n) is 9.45. The fourth-order valence-corrected chi connectivity index (χ4v) is 3.69. The second kappa shape index (κ2) is 9.45. The van der Waals surface area contributed by atoms with E-state index in [-0.39, 0.29) is 0 Å². The van der Waals surface area contributed by atoms with Gasteiger partial charge in [-0.05, 0) is 38.0 Å². The van der Waals surface area contributed by atoms with Crippen LogP contribution in [-0.2, 0) is 19.4 Å². The molecule has 0 aromatic carbocycles. The zero-order valence-electron chi connectivity index (χ0n) is 16.9. The summed E-state index contributed by atoms with van der Waals surface area (Å²) in [5, 5.41) is 12.3. The Labute approximate surface area is 170 Å². The van der Waals surface area contributed by atoms with Gasteiger partial charge in [0.1, 0.15) is 0 Å². The van der Waals surface area contributed by atoms with Crippen LogP contribution in [0.4, 0.5) is 0 Å². The number of thiazole rings is 1. The van der Waals surface area contributed by atoms with Crippen molar-refractivity contribution < 1.29 is 0 Å². The normalized spacial score (nSPS) is 11.6. The van der Waals surface area contributed by atoms with Crippen molar-refractivity contribution in [2.45, 2.75) is 40.2 Å². The van der Waals surface area contributed by atoms with Gasteiger partial charge in [0.2, 0.25) is 0 Å². The predicted molar refractivity (Wildman–Crippen MR) is 114 cm³/mol. The molecule has 0 atom stereocenters. The lowest BCUT2D eigenvalue weighted by Gasteiger charge is -2.11. The van der Waals surface area contributed by atoms with Crippen LogP contribution in [0.1, 0.15) is 33.8 Å². The fraction of sp³-hybridized carbons (Fsp3) is 0.400. The molecule has 3 rings (SSSR count). The molecule has 0 aliphatic heterocycles. The Balaban J connectivity index is 1.48. The Morgan fingerprint density at radius 1 is 1.18 bits per heavy atom. The van der Waals surface area contributed by atoms with Gasteiger partial charge in [-0.2, -0.15) is 5.10 Å². The largest absolute Gasteiger partial charge is 0.356 e. The molecule has 7 nitrogen and oxygen atoms in total. The molecule has 0 bridgehead atoms. The number of nitrogens with zero attached hydrogens (tertiary/aromatic N) is 5. The Kier molecular flexibility index (Phi) is 6.76. The molecule has 0 fully saturated rings. The number of pyridine rings is 1. The molecule has 3 heterocycles. The Bertz CT molecular complexity index is 924. The Hall–Kier alpha value is -2.74. The third-order valence-corrected chi connectivity index (χ3v) is 5.50. The quantitative estimate of drug-likeness (QED) is 0.473. The summed E-state index contributed by atoms with van der Waals surface area (Å²) < 4.78 is 1.86. The summed E-state index contributed by atoms with van der Waals surface area (Å²) >= 11 is 1.78. The minimum atomic E-state index is 0.654. The van der Waals surface area contributed by atoms with E-state index in [1.807, 2.05) is 43.1 Å². The molecule has 148 valence electrons. The standard InChI is InChI=1S/C20H27N7S/c1-5-17-13-24-19(28-17)8-9-22-20(21-4)25-12-16-6-7-18(23-11-16)27-15(3)10-14(2)26-27/h6-7,10-11,13H,5,8-9,12H2,1-4H3,(H2,21,22,25). The number of guanidine groups is 1. The first-order valence-corrected chi connectivity index (χ1v) is 10.3. The summed E-state index contributed by atoms with van der Waals surface area (Å²) in [6, 6.07) is 6.09. The number of aromatic nitrogens is 4. The first kappa shape index (κ1) is 20.0. The summed E-state index contributed by atoms with van der Waals surface area (Å²) in [7, 11) is 1.78. The highest BCUT2D eigenvalue weighted by molar-refractivity contribution is 7.11. The molecule has 8 heteroatoms. The SMILES string of the molecule is CCc1cnc(CCNC(=NC)NCc2ccc(-n3nc(C)cc3C)nc2)s1. The number of hydrogen-bond donors (Lipinski definition) is 2. The molecule has 0 aliphatic rings. The molecule has 0 amide bonds. The Morgan fingerprint density at radius 3 is 2.64 bits per heavy atom. The van der Waals surface area contributed by atoms with Crippen molar-refractivity contribution in [2.75, 3.05) is 13.6 Å². The highest BCUT2D eigenvalue weighted by atomic mass is 32.1. The average molecular weight is 398 g/mol. The molecule has 0 radical (unpaired) electrons. The van der Waals surface area contributed by atoms with E-state index in [9.17, 15) is 0 Å². The maximum Gasteiger partial charge on any atom is 0.191 e. The van der Waals surface area contributed by atoms with Crippen molar-refractivity contribution >= 4 is 17.3 Å². The van der Waals surface area contributed by atoms with E-state index in [1.54, 1.807) is 18.4 Å². The van der Waals surface area contributed by atoms with Gasteiger partial charge in [-0.15, -0.1) is 11.3 Å². The van der Waals surface area contributed by atoms with E-state index in [1.165, 1.54) is 4.88 Å². The van der Waals surface area contributed by atoms with Gasteiger partial charge in [0.25, 0.3) is 0 Å². The summed E-state index contributed by atoms with van der Waals surface area (Å²) in [4.78, 5) is 14.6. The monoisotopic (exact) mass is 397 g/mol. The molecule has 0 aliphatic carbocycles. The molecule has 0 spiro atoms. The van der Waals surface area contributed by atoms with Gasteiger partial charge in [-0.3, -0.25) is 4.99 Å². The Morgan fingerprint density at radius 2 is 2.04 bits per heavy atom. The number of hydrogen-bond acceptors (Lipinski definition) is 5. The number of nitrogens with one attached hydrogen (secondary N) is 2. The molecule has 0 saturated carbocycles. The molecule has 3 aromatic heterocycles. The zero-order valence-corrected chi connectivity index (χ0v) is 17.7. The van der Waals surface area contributed by atoms with Crippen LogP contribution in [0.3, 0.4) is 0 Å². The minimum Gasteiger partial charge on any atom is -0.356 e. The van der Waals surface area contributed by atoms with Crippen molar-refractivity contribution in [3.63, 3.8) is 0 Å². The van der Waals surface area contributed by atoms with Crippen LogP contribution >= 0.6 is 11.3 Å². The van der Waals surface area contributed by atoms with Crippen molar-refractivity contribution in [3.05, 3.63) is 57.4 Å². The highest BCUT2D eigenvalue weighted by Crippen LogP contribution is 2.13. The van der Waals surface area contributed by atoms with Crippen LogP contribution in [-0.4, -0.2) is 39.3 Å². The molecule has 0 saturated heterocycles. The van der Waals surface area contributed by atoms with E-state index in [2.05, 4.69) is 43.7 Å². The molecule has 3 aromatic rings. The number of rotatable bonds is 7. The van der Waals surface area contributed by atoms with Gasteiger partial charge in [0, 0.05) is 49.5 Å². The second-order valence-corrected chi connectivity index (χ2v) is 7.74. The summed E-state index contributed by atoms with van der Waals surface area (Å²) in [6.45, 7) is 7.62. The third kappa shape index (κ3) is 5.16. The number of aliphatic imine (C=N–C) groups is 1. The van der Waals surface area contributed by atoms with Crippen LogP contribution in [0.25, 0.3) is 5.82 Å². The van der Waals surface area contributed by atoms with Crippen LogP contribution in [0.15, 0.2) is 35.6 Å². The highest BCUT2D eigenvalue weighted by Gasteiger charge is 2.06. The van der Waals surface area contributed by atoms with Crippen LogP contribution < -0.4 is 10.6 Å². The molecular weight excluding hydrogens is 370 g/mol. The maximum atomic E-state index is 4.53. The van der Waals surface area contributed by atoms with E-state index in [0.29, 0.717) is 6.54 Å². The average Bonchev–Trinajstić information content (AvgIpc) is 3.30. The van der Waals surface area contributed by atoms with Gasteiger partial charge >= 0.3 is 0 Å². The van der Waals surface area contributed by atoms with Gasteiger partial charge in [-0.1, -0.05) is 13.0 Å². The lowest BCUT2D eigenvalue weighted by Crippen LogP contribution is -2.37. The smallest absolute Gasteiger partial charge is 0.191 e. The lowest BCUT2D eigenvalue weighted by molar-refractivity contribution is 0.782. The van der Waals surface area contributed by atoms with Gasteiger partial charge < -0.3 is 10.6 Å². The molecule has 0 unspecified atom stereocenters. The minimum absolute atomic E-state index is 0.654. The maximum absolute atomic E-state index is 4.53. The van der Waals surface area contributed by atoms with Gasteiger partial charge in [0.05, 0.1) is 10.7 Å². The summed E-state index contributed by atoms with van der Waals surface area (Å²) in [6.07, 6.45) is 5.77. The molecule has 28 heavy (non-hydrogen) atoms. The van der Waals surface area contributed by atoms with E-state index < -0.39 is 0 Å². The summed E-state index contributed by atoms with van der Waals surface area (Å²) in [5.41, 5.74) is 3.15. The third-order valence-electron chi connectivity index (χ3n) is 4.30. The zero-order chi connectivity index (χ0) is 19.9. The summed E-state index contributed by atoms with van der Waals surface area (Å²) in [5.74, 6) is 1.60. The first-order chi connectivity index (χ1) is 13.6. The van der Waals surface area contributed by atoms with Crippen LogP contribution in [0.2, 0.25) is 0 Å². The number of aryl methyl sites for hydroxylation is 3. The second-order valence-electron chi connectivity index (χ2n) is 6.54. The van der Waals surface area contributed by atoms with Crippen LogP contribution in [0, 0.1) is 13.8 Å². The predicted octanol–water partition coefficient (Wildman–Crippen LogP) is 2.81. The van der Waals surface area contributed by atoms with E-state index in [4.69, 9.17) is 0 Å². The van der Waals surface area contributed by atoms with Crippen LogP contribution in [0.5, 0.6) is 0 Å².